The molecule has 32 heavy (non-hydrogen) atoms. The predicted molar refractivity (Wildman–Crippen MR) is 142 cm³/mol. The Balaban J connectivity index is 0.00000512. The van der Waals surface area contributed by atoms with Gasteiger partial charge in [-0.25, -0.2) is 0 Å². The third-order valence-electron chi connectivity index (χ3n) is 5.45. The highest BCUT2D eigenvalue weighted by atomic mass is 127. The molecule has 0 bridgehead atoms. The normalized spacial score (nSPS) is 15.9. The first-order chi connectivity index (χ1) is 15.0. The minimum absolute atomic E-state index is 0. The second-order valence-corrected chi connectivity index (χ2v) is 8.54. The van der Waals surface area contributed by atoms with Crippen molar-refractivity contribution in [2.75, 3.05) is 60.2 Å². The second kappa shape index (κ2) is 16.5. The molecule has 1 aliphatic heterocycles. The van der Waals surface area contributed by atoms with Gasteiger partial charge in [0.05, 0.1) is 19.8 Å². The number of hydrogen-bond acceptors (Lipinski definition) is 5. The van der Waals surface area contributed by atoms with E-state index < -0.39 is 0 Å². The van der Waals surface area contributed by atoms with Gasteiger partial charge in [-0.2, -0.15) is 0 Å². The van der Waals surface area contributed by atoms with Crippen molar-refractivity contribution < 1.29 is 14.2 Å². The fraction of sp³-hybridized carbons (Fsp3) is 0.708. The van der Waals surface area contributed by atoms with Crippen molar-refractivity contribution in [2.45, 2.75) is 46.2 Å². The van der Waals surface area contributed by atoms with Gasteiger partial charge in [-0.05, 0) is 30.9 Å². The van der Waals surface area contributed by atoms with E-state index in [1.165, 1.54) is 5.56 Å². The van der Waals surface area contributed by atoms with Crippen LogP contribution in [0.5, 0.6) is 5.75 Å². The van der Waals surface area contributed by atoms with Crippen LogP contribution in [-0.2, 0) is 16.0 Å². The van der Waals surface area contributed by atoms with E-state index in [1.807, 2.05) is 7.05 Å². The van der Waals surface area contributed by atoms with E-state index in [9.17, 15) is 0 Å². The number of methoxy groups -OCH3 is 1. The van der Waals surface area contributed by atoms with E-state index in [-0.39, 0.29) is 24.0 Å². The fourth-order valence-corrected chi connectivity index (χ4v) is 3.79. The first kappa shape index (κ1) is 28.9. The van der Waals surface area contributed by atoms with Gasteiger partial charge in [0.2, 0.25) is 0 Å². The standard InChI is InChI=1S/C24H42N4O3.HI/c1-19(2)15-22(28-9-13-30-14-10-28)18-27-24(25-4)26-17-21-8-7-20(3)16-23(21)31-12-6-11-29-5;/h7-8,16,19,22H,6,9-15,17-18H2,1-5H3,(H2,25,26,27);1H. The summed E-state index contributed by atoms with van der Waals surface area (Å²) in [5.74, 6) is 2.38. The molecule has 0 saturated carbocycles. The van der Waals surface area contributed by atoms with E-state index in [0.717, 1.165) is 63.0 Å². The second-order valence-electron chi connectivity index (χ2n) is 8.54. The van der Waals surface area contributed by atoms with E-state index in [4.69, 9.17) is 14.2 Å². The number of morpholine rings is 1. The van der Waals surface area contributed by atoms with Crippen LogP contribution < -0.4 is 15.4 Å². The lowest BCUT2D eigenvalue weighted by Crippen LogP contribution is -2.51. The molecule has 0 spiro atoms. The summed E-state index contributed by atoms with van der Waals surface area (Å²) in [6.07, 6.45) is 2.03. The number of guanidine groups is 1. The molecular weight excluding hydrogens is 519 g/mol. The summed E-state index contributed by atoms with van der Waals surface area (Å²) in [5, 5.41) is 6.98. The van der Waals surface area contributed by atoms with Crippen LogP contribution in [0.25, 0.3) is 0 Å². The highest BCUT2D eigenvalue weighted by Gasteiger charge is 2.22. The molecule has 0 radical (unpaired) electrons. The smallest absolute Gasteiger partial charge is 0.191 e. The highest BCUT2D eigenvalue weighted by Crippen LogP contribution is 2.20. The molecule has 1 aromatic carbocycles. The number of rotatable bonds is 12. The zero-order valence-electron chi connectivity index (χ0n) is 20.5. The van der Waals surface area contributed by atoms with Crippen LogP contribution in [0.4, 0.5) is 0 Å². The molecule has 8 heteroatoms. The summed E-state index contributed by atoms with van der Waals surface area (Å²) < 4.78 is 16.7. The molecule has 0 amide bonds. The maximum absolute atomic E-state index is 6.01. The summed E-state index contributed by atoms with van der Waals surface area (Å²) in [7, 11) is 3.53. The average molecular weight is 563 g/mol. The average Bonchev–Trinajstić information content (AvgIpc) is 2.77. The number of hydrogen-bond donors (Lipinski definition) is 2. The van der Waals surface area contributed by atoms with E-state index in [0.29, 0.717) is 31.7 Å². The third kappa shape index (κ3) is 10.7. The quantitative estimate of drug-likeness (QED) is 0.176. The third-order valence-corrected chi connectivity index (χ3v) is 5.45. The monoisotopic (exact) mass is 562 g/mol. The van der Waals surface area contributed by atoms with Gasteiger partial charge in [-0.3, -0.25) is 9.89 Å². The van der Waals surface area contributed by atoms with Crippen LogP contribution in [0.2, 0.25) is 0 Å². The molecule has 7 nitrogen and oxygen atoms in total. The largest absolute Gasteiger partial charge is 0.493 e. The summed E-state index contributed by atoms with van der Waals surface area (Å²) in [4.78, 5) is 6.96. The number of ether oxygens (including phenoxy) is 3. The SMILES string of the molecule is CN=C(NCc1ccc(C)cc1OCCCOC)NCC(CC(C)C)N1CCOCC1.I. The van der Waals surface area contributed by atoms with Crippen molar-refractivity contribution in [1.82, 2.24) is 15.5 Å². The lowest BCUT2D eigenvalue weighted by molar-refractivity contribution is 0.0132. The Bertz CT molecular complexity index is 667. The molecule has 1 heterocycles. The van der Waals surface area contributed by atoms with Gasteiger partial charge in [0, 0.05) is 65.0 Å². The van der Waals surface area contributed by atoms with Crippen LogP contribution in [0.1, 0.15) is 37.8 Å². The first-order valence-corrected chi connectivity index (χ1v) is 11.5. The van der Waals surface area contributed by atoms with Crippen molar-refractivity contribution in [2.24, 2.45) is 10.9 Å². The Labute approximate surface area is 211 Å². The Morgan fingerprint density at radius 1 is 1.19 bits per heavy atom. The predicted octanol–water partition coefficient (Wildman–Crippen LogP) is 3.44. The van der Waals surface area contributed by atoms with E-state index in [1.54, 1.807) is 7.11 Å². The summed E-state index contributed by atoms with van der Waals surface area (Å²) in [6.45, 7) is 13.2. The fourth-order valence-electron chi connectivity index (χ4n) is 3.79. The summed E-state index contributed by atoms with van der Waals surface area (Å²) in [5.41, 5.74) is 2.31. The number of aryl methyl sites for hydroxylation is 1. The first-order valence-electron chi connectivity index (χ1n) is 11.5. The summed E-state index contributed by atoms with van der Waals surface area (Å²) >= 11 is 0. The van der Waals surface area contributed by atoms with Crippen LogP contribution in [0, 0.1) is 12.8 Å². The highest BCUT2D eigenvalue weighted by molar-refractivity contribution is 14.0. The van der Waals surface area contributed by atoms with Crippen molar-refractivity contribution in [1.29, 1.82) is 0 Å². The maximum Gasteiger partial charge on any atom is 0.191 e. The molecule has 184 valence electrons. The zero-order chi connectivity index (χ0) is 22.5. The van der Waals surface area contributed by atoms with Gasteiger partial charge < -0.3 is 24.8 Å². The molecule has 2 N–H and O–H groups in total. The molecule has 1 aromatic rings. The van der Waals surface area contributed by atoms with Gasteiger partial charge in [-0.15, -0.1) is 24.0 Å². The van der Waals surface area contributed by atoms with Crippen LogP contribution >= 0.6 is 24.0 Å². The molecule has 1 aliphatic rings. The van der Waals surface area contributed by atoms with E-state index in [2.05, 4.69) is 59.5 Å². The van der Waals surface area contributed by atoms with Crippen LogP contribution in [0.15, 0.2) is 23.2 Å². The molecule has 1 fully saturated rings. The molecule has 1 atom stereocenters. The number of benzene rings is 1. The van der Waals surface area contributed by atoms with Crippen molar-refractivity contribution >= 4 is 29.9 Å². The molecule has 0 aromatic heterocycles. The van der Waals surface area contributed by atoms with Gasteiger partial charge in [0.25, 0.3) is 0 Å². The Morgan fingerprint density at radius 2 is 1.94 bits per heavy atom. The molecule has 1 saturated heterocycles. The Hall–Kier alpha value is -1.10. The van der Waals surface area contributed by atoms with Gasteiger partial charge in [-0.1, -0.05) is 26.0 Å². The van der Waals surface area contributed by atoms with E-state index >= 15 is 0 Å². The van der Waals surface area contributed by atoms with Gasteiger partial charge >= 0.3 is 0 Å². The topological polar surface area (TPSA) is 67.4 Å². The minimum atomic E-state index is 0. The summed E-state index contributed by atoms with van der Waals surface area (Å²) in [6, 6.07) is 6.81. The Kier molecular flexibility index (Phi) is 14.9. The van der Waals surface area contributed by atoms with Crippen LogP contribution in [-0.4, -0.2) is 77.1 Å². The molecule has 0 aliphatic carbocycles. The molecular formula is C24H43IN4O3. The maximum atomic E-state index is 6.01. The molecule has 1 unspecified atom stereocenters. The van der Waals surface area contributed by atoms with Crippen molar-refractivity contribution in [3.8, 4) is 5.75 Å². The zero-order valence-corrected chi connectivity index (χ0v) is 22.8. The number of nitrogens with zero attached hydrogens (tertiary/aromatic N) is 2. The van der Waals surface area contributed by atoms with Gasteiger partial charge in [0.1, 0.15) is 5.75 Å². The lowest BCUT2D eigenvalue weighted by Gasteiger charge is -2.35. The van der Waals surface area contributed by atoms with Crippen LogP contribution in [0.3, 0.4) is 0 Å². The van der Waals surface area contributed by atoms with Gasteiger partial charge in [0.15, 0.2) is 5.96 Å². The number of aliphatic imine (C=N–C) groups is 1. The van der Waals surface area contributed by atoms with Crippen molar-refractivity contribution in [3.63, 3.8) is 0 Å². The van der Waals surface area contributed by atoms with Crippen molar-refractivity contribution in [3.05, 3.63) is 29.3 Å². The molecule has 2 rings (SSSR count). The Morgan fingerprint density at radius 3 is 2.59 bits per heavy atom. The minimum Gasteiger partial charge on any atom is -0.493 e. The number of halogens is 1. The number of nitrogens with one attached hydrogen (secondary N) is 2. The lowest BCUT2D eigenvalue weighted by atomic mass is 10.0.